The van der Waals surface area contributed by atoms with Gasteiger partial charge in [-0.05, 0) is 47.5 Å². The number of nitrogens with two attached hydrogens (primary N) is 1. The zero-order chi connectivity index (χ0) is 21.9. The van der Waals surface area contributed by atoms with Gasteiger partial charge in [0.2, 0.25) is 5.79 Å². The van der Waals surface area contributed by atoms with E-state index in [9.17, 15) is 0 Å². The molecule has 1 atom stereocenters. The summed E-state index contributed by atoms with van der Waals surface area (Å²) in [6.07, 6.45) is 7.21. The molecule has 2 aliphatic rings. The number of ether oxygens (including phenoxy) is 1. The second-order valence-corrected chi connectivity index (χ2v) is 9.19. The number of hydrogen-bond acceptors (Lipinski definition) is 7. The SMILES string of the molecule is C=CCOC1=NC(C2CC(C)(C)NC(C)(C)C2)(N(CC=C)CC=C)N(N)C(C)=N1. The fraction of sp³-hybridized carbons (Fsp3) is 0.636. The molecule has 2 heterocycles. The summed E-state index contributed by atoms with van der Waals surface area (Å²) in [7, 11) is 0. The zero-order valence-corrected chi connectivity index (χ0v) is 18.7. The number of aliphatic imine (C=N–C) groups is 2. The molecule has 0 radical (unpaired) electrons. The van der Waals surface area contributed by atoms with Crippen molar-refractivity contribution in [1.82, 2.24) is 15.2 Å². The Balaban J connectivity index is 2.66. The number of nitrogens with one attached hydrogen (secondary N) is 1. The largest absolute Gasteiger partial charge is 0.459 e. The minimum absolute atomic E-state index is 0.0750. The van der Waals surface area contributed by atoms with Crippen LogP contribution < -0.4 is 11.2 Å². The van der Waals surface area contributed by atoms with Crippen molar-refractivity contribution in [2.75, 3.05) is 19.7 Å². The van der Waals surface area contributed by atoms with Crippen molar-refractivity contribution in [2.45, 2.75) is 64.3 Å². The Morgan fingerprint density at radius 1 is 1.14 bits per heavy atom. The predicted octanol–water partition coefficient (Wildman–Crippen LogP) is 3.04. The normalized spacial score (nSPS) is 26.5. The molecule has 1 saturated heterocycles. The molecule has 1 fully saturated rings. The first-order valence-corrected chi connectivity index (χ1v) is 10.2. The average Bonchev–Trinajstić information content (AvgIpc) is 2.60. The van der Waals surface area contributed by atoms with Gasteiger partial charge in [-0.2, -0.15) is 9.98 Å². The fourth-order valence-electron chi connectivity index (χ4n) is 4.87. The van der Waals surface area contributed by atoms with E-state index in [-0.39, 0.29) is 17.0 Å². The lowest BCUT2D eigenvalue weighted by Crippen LogP contribution is -2.72. The van der Waals surface area contributed by atoms with E-state index >= 15 is 0 Å². The van der Waals surface area contributed by atoms with Gasteiger partial charge in [0, 0.05) is 30.1 Å². The Morgan fingerprint density at radius 3 is 2.17 bits per heavy atom. The van der Waals surface area contributed by atoms with Gasteiger partial charge >= 0.3 is 6.02 Å². The number of rotatable bonds is 8. The van der Waals surface area contributed by atoms with Gasteiger partial charge in [-0.25, -0.2) is 5.84 Å². The van der Waals surface area contributed by atoms with Crippen molar-refractivity contribution >= 4 is 11.9 Å². The van der Waals surface area contributed by atoms with Crippen molar-refractivity contribution in [1.29, 1.82) is 0 Å². The lowest BCUT2D eigenvalue weighted by atomic mass is 9.72. The smallest absolute Gasteiger partial charge is 0.317 e. The Hall–Kier alpha value is -1.96. The van der Waals surface area contributed by atoms with E-state index in [1.54, 1.807) is 11.1 Å². The topological polar surface area (TPSA) is 78.5 Å². The lowest BCUT2D eigenvalue weighted by molar-refractivity contribution is -0.0867. The third-order valence-electron chi connectivity index (χ3n) is 5.45. The van der Waals surface area contributed by atoms with Gasteiger partial charge in [-0.1, -0.05) is 24.8 Å². The van der Waals surface area contributed by atoms with Crippen LogP contribution in [0.3, 0.4) is 0 Å². The van der Waals surface area contributed by atoms with E-state index in [0.29, 0.717) is 31.6 Å². The number of hydrazine groups is 1. The summed E-state index contributed by atoms with van der Waals surface area (Å²) in [5, 5.41) is 5.45. The standard InChI is InChI=1S/C22H38N6O/c1-9-12-27(13-10-2)22(18-15-20(5,6)26-21(7,8)16-18)25-19(29-14-11-3)24-17(4)28(22)23/h9-11,18,26H,1-3,12-16,23H2,4-8H3. The molecule has 0 bridgehead atoms. The summed E-state index contributed by atoms with van der Waals surface area (Å²) in [5.74, 6) is 6.62. The summed E-state index contributed by atoms with van der Waals surface area (Å²) in [5.41, 5.74) is -0.150. The molecule has 2 rings (SSSR count). The van der Waals surface area contributed by atoms with E-state index in [1.165, 1.54) is 0 Å². The van der Waals surface area contributed by atoms with Crippen LogP contribution in [0.2, 0.25) is 0 Å². The fourth-order valence-corrected chi connectivity index (χ4v) is 4.87. The van der Waals surface area contributed by atoms with E-state index in [0.717, 1.165) is 12.8 Å². The van der Waals surface area contributed by atoms with Crippen LogP contribution in [0, 0.1) is 5.92 Å². The summed E-state index contributed by atoms with van der Waals surface area (Å²) >= 11 is 0. The molecule has 0 saturated carbocycles. The van der Waals surface area contributed by atoms with Crippen LogP contribution in [0.25, 0.3) is 0 Å². The summed E-state index contributed by atoms with van der Waals surface area (Å²) < 4.78 is 5.78. The first kappa shape index (κ1) is 23.3. The molecule has 2 aliphatic heterocycles. The van der Waals surface area contributed by atoms with Gasteiger partial charge in [-0.15, -0.1) is 13.2 Å². The molecule has 7 nitrogen and oxygen atoms in total. The van der Waals surface area contributed by atoms with Gasteiger partial charge in [0.1, 0.15) is 12.4 Å². The summed E-state index contributed by atoms with van der Waals surface area (Å²) in [6.45, 7) is 24.0. The minimum atomic E-state index is -0.860. The molecule has 0 aromatic rings. The first-order chi connectivity index (χ1) is 13.5. The minimum Gasteiger partial charge on any atom is -0.459 e. The highest BCUT2D eigenvalue weighted by Crippen LogP contribution is 2.44. The molecule has 3 N–H and O–H groups in total. The highest BCUT2D eigenvalue weighted by atomic mass is 16.5. The third kappa shape index (κ3) is 4.97. The third-order valence-corrected chi connectivity index (χ3v) is 5.45. The van der Waals surface area contributed by atoms with Crippen LogP contribution in [0.1, 0.15) is 47.5 Å². The van der Waals surface area contributed by atoms with Crippen molar-refractivity contribution in [3.05, 3.63) is 38.0 Å². The van der Waals surface area contributed by atoms with Crippen molar-refractivity contribution in [3.63, 3.8) is 0 Å². The summed E-state index contributed by atoms with van der Waals surface area (Å²) in [6, 6.07) is 0.330. The highest BCUT2D eigenvalue weighted by Gasteiger charge is 2.55. The number of hydrogen-bond donors (Lipinski definition) is 2. The molecule has 7 heteroatoms. The summed E-state index contributed by atoms with van der Waals surface area (Å²) in [4.78, 5) is 11.7. The van der Waals surface area contributed by atoms with Gasteiger partial charge in [0.05, 0.1) is 0 Å². The molecule has 0 amide bonds. The van der Waals surface area contributed by atoms with Gasteiger partial charge < -0.3 is 10.1 Å². The van der Waals surface area contributed by atoms with Crippen LogP contribution in [-0.4, -0.2) is 58.3 Å². The van der Waals surface area contributed by atoms with Crippen LogP contribution in [-0.2, 0) is 4.74 Å². The van der Waals surface area contributed by atoms with Gasteiger partial charge in [0.15, 0.2) is 0 Å². The average molecular weight is 403 g/mol. The number of nitrogens with zero attached hydrogens (tertiary/aromatic N) is 4. The Labute approximate surface area is 176 Å². The van der Waals surface area contributed by atoms with Crippen LogP contribution in [0.4, 0.5) is 0 Å². The van der Waals surface area contributed by atoms with E-state index in [4.69, 9.17) is 15.6 Å². The maximum absolute atomic E-state index is 6.71. The monoisotopic (exact) mass is 402 g/mol. The van der Waals surface area contributed by atoms with Crippen molar-refractivity contribution in [2.24, 2.45) is 21.7 Å². The van der Waals surface area contributed by atoms with Crippen LogP contribution >= 0.6 is 0 Å². The maximum atomic E-state index is 6.71. The molecule has 162 valence electrons. The molecule has 0 aliphatic carbocycles. The Bertz CT molecular complexity index is 669. The van der Waals surface area contributed by atoms with Gasteiger partial charge in [0.25, 0.3) is 0 Å². The Kier molecular flexibility index (Phi) is 7.09. The zero-order valence-electron chi connectivity index (χ0n) is 18.7. The molecular formula is C22H38N6O. The predicted molar refractivity (Wildman–Crippen MR) is 121 cm³/mol. The van der Waals surface area contributed by atoms with Crippen molar-refractivity contribution < 1.29 is 4.74 Å². The molecule has 0 spiro atoms. The molecule has 1 unspecified atom stereocenters. The molecule has 0 aromatic carbocycles. The quantitative estimate of drug-likeness (QED) is 0.482. The molecule has 0 aromatic heterocycles. The van der Waals surface area contributed by atoms with Gasteiger partial charge in [-0.3, -0.25) is 9.91 Å². The van der Waals surface area contributed by atoms with Crippen LogP contribution in [0.15, 0.2) is 47.9 Å². The molecule has 29 heavy (non-hydrogen) atoms. The Morgan fingerprint density at radius 2 is 1.69 bits per heavy atom. The number of piperidine rings is 1. The van der Waals surface area contributed by atoms with Crippen molar-refractivity contribution in [3.8, 4) is 0 Å². The van der Waals surface area contributed by atoms with E-state index in [2.05, 4.69) is 62.6 Å². The van der Waals surface area contributed by atoms with Crippen LogP contribution in [0.5, 0.6) is 0 Å². The second-order valence-electron chi connectivity index (χ2n) is 9.19. The second kappa shape index (κ2) is 8.81. The molecular weight excluding hydrogens is 364 g/mol. The van der Waals surface area contributed by atoms with E-state index in [1.807, 2.05) is 19.1 Å². The number of amidine groups is 2. The van der Waals surface area contributed by atoms with E-state index < -0.39 is 5.79 Å². The highest BCUT2D eigenvalue weighted by molar-refractivity contribution is 5.94. The maximum Gasteiger partial charge on any atom is 0.317 e. The lowest BCUT2D eigenvalue weighted by Gasteiger charge is -2.57. The first-order valence-electron chi connectivity index (χ1n) is 10.2.